The number of aliphatic hydroxyl groups excluding tert-OH is 1. The summed E-state index contributed by atoms with van der Waals surface area (Å²) in [5, 5.41) is 16.4. The molecule has 2 amide bonds. The lowest BCUT2D eigenvalue weighted by atomic mass is 9.70. The summed E-state index contributed by atoms with van der Waals surface area (Å²) in [5.74, 6) is 0.642. The van der Waals surface area contributed by atoms with Gasteiger partial charge in [-0.15, -0.1) is 0 Å². The first-order chi connectivity index (χ1) is 20.3. The summed E-state index contributed by atoms with van der Waals surface area (Å²) in [5.41, 5.74) is 0.636. The average Bonchev–Trinajstić information content (AvgIpc) is 2.99. The molecule has 0 spiro atoms. The molecule has 0 radical (unpaired) electrons. The van der Waals surface area contributed by atoms with Gasteiger partial charge in [0.2, 0.25) is 11.8 Å². The molecule has 1 saturated carbocycles. The highest BCUT2D eigenvalue weighted by molar-refractivity contribution is 5.82. The van der Waals surface area contributed by atoms with Crippen molar-refractivity contribution in [2.45, 2.75) is 70.6 Å². The minimum Gasteiger partial charge on any atom is -0.477 e. The molecule has 2 aromatic rings. The van der Waals surface area contributed by atoms with Crippen LogP contribution in [0.3, 0.4) is 0 Å². The van der Waals surface area contributed by atoms with Crippen molar-refractivity contribution in [1.82, 2.24) is 25.5 Å². The second-order valence-corrected chi connectivity index (χ2v) is 11.7. The number of piperazine rings is 1. The molecular weight excluding hydrogens is 536 g/mol. The number of carbonyl (C=O) groups is 2. The maximum absolute atomic E-state index is 12.9. The molecule has 1 aromatic carbocycles. The van der Waals surface area contributed by atoms with Crippen molar-refractivity contribution in [3.63, 3.8) is 0 Å². The number of rotatable bonds is 14. The third kappa shape index (κ3) is 8.78. The summed E-state index contributed by atoms with van der Waals surface area (Å²) in [6.45, 7) is 8.10. The van der Waals surface area contributed by atoms with Gasteiger partial charge in [-0.3, -0.25) is 4.79 Å². The number of likely N-dealkylation sites (N-methyl/N-ethyl adjacent to an activating group) is 1. The van der Waals surface area contributed by atoms with Crippen LogP contribution in [0.25, 0.3) is 0 Å². The zero-order chi connectivity index (χ0) is 30.0. The lowest BCUT2D eigenvalue weighted by Crippen LogP contribution is -2.51. The summed E-state index contributed by atoms with van der Waals surface area (Å²) in [6.07, 6.45) is 4.51. The zero-order valence-corrected chi connectivity index (χ0v) is 25.1. The lowest BCUT2D eigenvalue weighted by Gasteiger charge is -2.40. The smallest absolute Gasteiger partial charge is 0.407 e. The molecule has 2 heterocycles. The third-order valence-electron chi connectivity index (χ3n) is 8.33. The van der Waals surface area contributed by atoms with Crippen LogP contribution in [0.1, 0.15) is 64.0 Å². The van der Waals surface area contributed by atoms with Gasteiger partial charge in [-0.2, -0.15) is 4.98 Å². The van der Waals surface area contributed by atoms with Gasteiger partial charge in [-0.05, 0) is 38.8 Å². The first-order valence-corrected chi connectivity index (χ1v) is 15.1. The number of hydrogen-bond donors (Lipinski definition) is 3. The molecule has 2 aliphatic rings. The molecule has 1 unspecified atom stereocenters. The monoisotopic (exact) mass is 582 g/mol. The van der Waals surface area contributed by atoms with E-state index in [0.717, 1.165) is 63.8 Å². The van der Waals surface area contributed by atoms with Crippen LogP contribution in [0, 0.1) is 5.41 Å². The number of aliphatic hydroxyl groups is 1. The van der Waals surface area contributed by atoms with Gasteiger partial charge in [0.15, 0.2) is 6.10 Å². The molecule has 1 aliphatic heterocycles. The summed E-state index contributed by atoms with van der Waals surface area (Å²) in [4.78, 5) is 39.2. The van der Waals surface area contributed by atoms with E-state index in [2.05, 4.69) is 37.4 Å². The second kappa shape index (κ2) is 15.2. The zero-order valence-electron chi connectivity index (χ0n) is 25.1. The van der Waals surface area contributed by atoms with Gasteiger partial charge >= 0.3 is 6.09 Å². The summed E-state index contributed by atoms with van der Waals surface area (Å²) in [6, 6.07) is 10.2. The average molecular weight is 583 g/mol. The molecule has 1 aromatic heterocycles. The fraction of sp³-hybridized carbons (Fsp3) is 0.613. The Balaban J connectivity index is 1.28. The molecule has 2 fully saturated rings. The van der Waals surface area contributed by atoms with Crippen molar-refractivity contribution >= 4 is 17.9 Å². The van der Waals surface area contributed by atoms with Crippen LogP contribution in [0.15, 0.2) is 42.6 Å². The Labute approximate surface area is 249 Å². The van der Waals surface area contributed by atoms with Crippen molar-refractivity contribution in [3.05, 3.63) is 48.2 Å². The topological polar surface area (TPSA) is 129 Å². The molecule has 11 nitrogen and oxygen atoms in total. The van der Waals surface area contributed by atoms with E-state index in [0.29, 0.717) is 24.9 Å². The van der Waals surface area contributed by atoms with Gasteiger partial charge in [-0.25, -0.2) is 9.78 Å². The van der Waals surface area contributed by atoms with Crippen LogP contribution in [-0.2, 0) is 9.53 Å². The van der Waals surface area contributed by atoms with Gasteiger partial charge in [-0.1, -0.05) is 56.5 Å². The number of nitrogens with one attached hydrogen (secondary N) is 2. The standard InChI is InChI=1S/C31H46N6O5/c1-4-5-12-25(27(38)28(39)33-23(2)24-10-7-6-8-11-24)34-30(40)42-22-31(14-9-15-31)21-41-26-13-16-32-29(35-26)37-19-17-36(3)18-20-37/h6-8,10-11,13,16,23,25,27,38H,4-5,9,12,14-15,17-22H2,1-3H3,(H,33,39)(H,34,40)/t23-,25+,27?/m1/s1. The maximum Gasteiger partial charge on any atom is 0.407 e. The fourth-order valence-corrected chi connectivity index (χ4v) is 5.26. The first-order valence-electron chi connectivity index (χ1n) is 15.1. The molecule has 1 saturated heterocycles. The minimum absolute atomic E-state index is 0.184. The Morgan fingerprint density at radius 3 is 2.48 bits per heavy atom. The Morgan fingerprint density at radius 2 is 1.81 bits per heavy atom. The molecule has 0 bridgehead atoms. The molecular formula is C31H46N6O5. The van der Waals surface area contributed by atoms with Crippen molar-refractivity contribution in [2.24, 2.45) is 5.41 Å². The maximum atomic E-state index is 12.9. The van der Waals surface area contributed by atoms with Crippen LogP contribution in [0.4, 0.5) is 10.7 Å². The van der Waals surface area contributed by atoms with Gasteiger partial charge < -0.3 is 35.0 Å². The van der Waals surface area contributed by atoms with E-state index in [1.165, 1.54) is 0 Å². The Morgan fingerprint density at radius 1 is 1.07 bits per heavy atom. The molecule has 1 aliphatic carbocycles. The summed E-state index contributed by atoms with van der Waals surface area (Å²) < 4.78 is 11.7. The van der Waals surface area contributed by atoms with Crippen LogP contribution in [-0.4, -0.2) is 90.6 Å². The van der Waals surface area contributed by atoms with Crippen LogP contribution < -0.4 is 20.3 Å². The fourth-order valence-electron chi connectivity index (χ4n) is 5.26. The number of alkyl carbamates (subject to hydrolysis) is 1. The van der Waals surface area contributed by atoms with Crippen molar-refractivity contribution < 1.29 is 24.2 Å². The summed E-state index contributed by atoms with van der Waals surface area (Å²) in [7, 11) is 2.11. The van der Waals surface area contributed by atoms with Gasteiger partial charge in [0, 0.05) is 43.9 Å². The number of ether oxygens (including phenoxy) is 2. The lowest BCUT2D eigenvalue weighted by molar-refractivity contribution is -0.131. The number of nitrogens with zero attached hydrogens (tertiary/aromatic N) is 4. The van der Waals surface area contributed by atoms with E-state index < -0.39 is 24.1 Å². The molecule has 230 valence electrons. The quantitative estimate of drug-likeness (QED) is 0.307. The van der Waals surface area contributed by atoms with E-state index in [9.17, 15) is 14.7 Å². The van der Waals surface area contributed by atoms with E-state index in [1.54, 1.807) is 12.3 Å². The number of benzene rings is 1. The molecule has 3 atom stereocenters. The highest BCUT2D eigenvalue weighted by Gasteiger charge is 2.40. The predicted octanol–water partition coefficient (Wildman–Crippen LogP) is 3.30. The van der Waals surface area contributed by atoms with E-state index in [1.807, 2.05) is 44.2 Å². The molecule has 3 N–H and O–H groups in total. The van der Waals surface area contributed by atoms with E-state index in [-0.39, 0.29) is 18.1 Å². The first kappa shape index (κ1) is 31.5. The number of unbranched alkanes of at least 4 members (excludes halogenated alkanes) is 1. The minimum atomic E-state index is -1.40. The Kier molecular flexibility index (Phi) is 11.4. The highest BCUT2D eigenvalue weighted by Crippen LogP contribution is 2.41. The number of anilines is 1. The van der Waals surface area contributed by atoms with Crippen LogP contribution in [0.5, 0.6) is 5.88 Å². The van der Waals surface area contributed by atoms with Crippen molar-refractivity contribution in [2.75, 3.05) is 51.3 Å². The number of amides is 2. The number of hydrogen-bond acceptors (Lipinski definition) is 9. The summed E-state index contributed by atoms with van der Waals surface area (Å²) >= 11 is 0. The normalized spacial score (nSPS) is 18.7. The second-order valence-electron chi connectivity index (χ2n) is 11.7. The van der Waals surface area contributed by atoms with Gasteiger partial charge in [0.1, 0.15) is 6.61 Å². The predicted molar refractivity (Wildman–Crippen MR) is 160 cm³/mol. The van der Waals surface area contributed by atoms with E-state index >= 15 is 0 Å². The van der Waals surface area contributed by atoms with Crippen molar-refractivity contribution in [3.8, 4) is 5.88 Å². The Hall–Kier alpha value is -3.44. The SMILES string of the molecule is CCCC[C@H](NC(=O)OCC1(COc2ccnc(N3CCN(C)CC3)n2)CCC1)C(O)C(=O)N[C@H](C)c1ccccc1. The van der Waals surface area contributed by atoms with Crippen molar-refractivity contribution in [1.29, 1.82) is 0 Å². The van der Waals surface area contributed by atoms with Gasteiger partial charge in [0.25, 0.3) is 5.91 Å². The van der Waals surface area contributed by atoms with E-state index in [4.69, 9.17) is 9.47 Å². The molecule has 4 rings (SSSR count). The Bertz CT molecular complexity index is 1140. The number of aromatic nitrogens is 2. The third-order valence-corrected chi connectivity index (χ3v) is 8.33. The van der Waals surface area contributed by atoms with Crippen LogP contribution >= 0.6 is 0 Å². The number of carbonyl (C=O) groups excluding carboxylic acids is 2. The highest BCUT2D eigenvalue weighted by atomic mass is 16.6. The van der Waals surface area contributed by atoms with Gasteiger partial charge in [0.05, 0.1) is 18.7 Å². The molecule has 42 heavy (non-hydrogen) atoms. The van der Waals surface area contributed by atoms with Crippen LogP contribution in [0.2, 0.25) is 0 Å². The largest absolute Gasteiger partial charge is 0.477 e. The molecule has 11 heteroatoms.